The smallest absolute Gasteiger partial charge is 0.143 e. The van der Waals surface area contributed by atoms with Crippen LogP contribution >= 0.6 is 23.4 Å². The van der Waals surface area contributed by atoms with E-state index in [4.69, 9.17) is 11.6 Å². The molecule has 2 aliphatic rings. The van der Waals surface area contributed by atoms with E-state index in [1.807, 2.05) is 24.3 Å². The molecule has 1 aliphatic heterocycles. The molecular formula is C37H31ClOS. The van der Waals surface area contributed by atoms with Crippen LogP contribution in [0.2, 0.25) is 5.02 Å². The Balaban J connectivity index is 1.36. The zero-order valence-corrected chi connectivity index (χ0v) is 23.8. The second-order valence-corrected chi connectivity index (χ2v) is 12.5. The number of hydrogen-bond donors (Lipinski definition) is 1. The molecule has 1 atom stereocenters. The molecular weight excluding hydrogens is 528 g/mol. The lowest BCUT2D eigenvalue weighted by molar-refractivity contribution is 0.119. The first kappa shape index (κ1) is 25.7. The van der Waals surface area contributed by atoms with Gasteiger partial charge in [-0.1, -0.05) is 133 Å². The first-order valence-electron chi connectivity index (χ1n) is 14.2. The third-order valence-corrected chi connectivity index (χ3v) is 10.4. The molecule has 0 aromatic heterocycles. The van der Waals surface area contributed by atoms with E-state index in [0.29, 0.717) is 11.8 Å². The third kappa shape index (κ3) is 4.30. The van der Waals surface area contributed by atoms with Crippen molar-refractivity contribution < 1.29 is 5.11 Å². The number of benzene rings is 5. The Labute approximate surface area is 245 Å². The maximum absolute atomic E-state index is 13.0. The van der Waals surface area contributed by atoms with Crippen molar-refractivity contribution in [2.24, 2.45) is 0 Å². The normalized spacial score (nSPS) is 21.9. The van der Waals surface area contributed by atoms with Crippen LogP contribution in [0.15, 0.2) is 131 Å². The van der Waals surface area contributed by atoms with Crippen LogP contribution in [0, 0.1) is 0 Å². The van der Waals surface area contributed by atoms with E-state index in [9.17, 15) is 5.11 Å². The Morgan fingerprint density at radius 1 is 0.600 bits per heavy atom. The second kappa shape index (κ2) is 10.6. The minimum Gasteiger partial charge on any atom is -0.376 e. The van der Waals surface area contributed by atoms with Crippen LogP contribution in [0.5, 0.6) is 0 Å². The van der Waals surface area contributed by atoms with Gasteiger partial charge in [0.15, 0.2) is 0 Å². The molecule has 1 heterocycles. The van der Waals surface area contributed by atoms with Gasteiger partial charge in [0.1, 0.15) is 5.60 Å². The van der Waals surface area contributed by atoms with Gasteiger partial charge in [-0.05, 0) is 71.9 Å². The van der Waals surface area contributed by atoms with Crippen molar-refractivity contribution in [1.82, 2.24) is 0 Å². The molecule has 1 fully saturated rings. The Hall–Kier alpha value is -3.30. The Morgan fingerprint density at radius 2 is 1.20 bits per heavy atom. The van der Waals surface area contributed by atoms with E-state index in [-0.39, 0.29) is 0 Å². The highest BCUT2D eigenvalue weighted by atomic mass is 35.5. The van der Waals surface area contributed by atoms with Gasteiger partial charge < -0.3 is 5.11 Å². The van der Waals surface area contributed by atoms with Crippen LogP contribution in [0.3, 0.4) is 0 Å². The third-order valence-electron chi connectivity index (χ3n) is 8.83. The molecule has 0 amide bonds. The first-order chi connectivity index (χ1) is 19.6. The zero-order valence-electron chi connectivity index (χ0n) is 22.3. The lowest BCUT2D eigenvalue weighted by Gasteiger charge is -2.40. The molecule has 40 heavy (non-hydrogen) atoms. The quantitative estimate of drug-likeness (QED) is 0.237. The molecule has 1 aliphatic carbocycles. The fraction of sp³-hybridized carbons (Fsp3) is 0.189. The summed E-state index contributed by atoms with van der Waals surface area (Å²) in [6, 6.07) is 42.0. The summed E-state index contributed by atoms with van der Waals surface area (Å²) in [5.41, 5.74) is 6.25. The van der Waals surface area contributed by atoms with Crippen LogP contribution in [0.1, 0.15) is 65.3 Å². The van der Waals surface area contributed by atoms with E-state index in [2.05, 4.69) is 97.1 Å². The zero-order chi connectivity index (χ0) is 27.1. The maximum Gasteiger partial charge on any atom is 0.143 e. The van der Waals surface area contributed by atoms with Crippen LogP contribution in [0.4, 0.5) is 0 Å². The second-order valence-electron chi connectivity index (χ2n) is 11.0. The summed E-state index contributed by atoms with van der Waals surface area (Å²) in [5.74, 6) is 0.965. The first-order valence-corrected chi connectivity index (χ1v) is 15.4. The van der Waals surface area contributed by atoms with Gasteiger partial charge in [-0.25, -0.2) is 0 Å². The number of fused-ring (bicyclic) bond motifs is 2. The molecule has 1 nitrogen and oxygen atoms in total. The molecule has 0 saturated heterocycles. The molecule has 0 spiro atoms. The van der Waals surface area contributed by atoms with Crippen molar-refractivity contribution in [2.45, 2.75) is 52.9 Å². The van der Waals surface area contributed by atoms with Gasteiger partial charge >= 0.3 is 0 Å². The van der Waals surface area contributed by atoms with Gasteiger partial charge in [-0.15, -0.1) is 0 Å². The van der Waals surface area contributed by atoms with E-state index >= 15 is 0 Å². The Kier molecular flexibility index (Phi) is 6.79. The fourth-order valence-corrected chi connectivity index (χ4v) is 8.63. The number of halogens is 1. The fourth-order valence-electron chi connectivity index (χ4n) is 6.86. The van der Waals surface area contributed by atoms with Crippen molar-refractivity contribution in [1.29, 1.82) is 0 Å². The van der Waals surface area contributed by atoms with Gasteiger partial charge in [0.2, 0.25) is 0 Å². The van der Waals surface area contributed by atoms with Crippen molar-refractivity contribution in [3.8, 4) is 11.1 Å². The number of hydrogen-bond acceptors (Lipinski definition) is 2. The highest BCUT2D eigenvalue weighted by molar-refractivity contribution is 7.99. The molecule has 1 N–H and O–H groups in total. The highest BCUT2D eigenvalue weighted by Crippen LogP contribution is 2.57. The lowest BCUT2D eigenvalue weighted by atomic mass is 9.73. The van der Waals surface area contributed by atoms with Crippen molar-refractivity contribution in [3.05, 3.63) is 154 Å². The lowest BCUT2D eigenvalue weighted by Crippen LogP contribution is -2.33. The minimum absolute atomic E-state index is 0.369. The summed E-state index contributed by atoms with van der Waals surface area (Å²) in [4.78, 5) is 2.21. The average Bonchev–Trinajstić information content (AvgIpc) is 3.02. The molecule has 5 aromatic rings. The summed E-state index contributed by atoms with van der Waals surface area (Å²) in [7, 11) is 0. The van der Waals surface area contributed by atoms with Gasteiger partial charge in [-0.2, -0.15) is 0 Å². The van der Waals surface area contributed by atoms with Crippen molar-refractivity contribution in [2.75, 3.05) is 0 Å². The molecule has 1 saturated carbocycles. The summed E-state index contributed by atoms with van der Waals surface area (Å²) < 4.78 is 0. The van der Waals surface area contributed by atoms with Crippen LogP contribution in [-0.4, -0.2) is 5.11 Å². The van der Waals surface area contributed by atoms with Crippen LogP contribution in [-0.2, 0) is 5.60 Å². The van der Waals surface area contributed by atoms with Gasteiger partial charge in [0, 0.05) is 31.5 Å². The van der Waals surface area contributed by atoms with Crippen molar-refractivity contribution >= 4 is 23.4 Å². The number of aliphatic hydroxyl groups is 1. The van der Waals surface area contributed by atoms with E-state index < -0.39 is 5.60 Å². The molecule has 3 heteroatoms. The predicted octanol–water partition coefficient (Wildman–Crippen LogP) is 10.2. The summed E-state index contributed by atoms with van der Waals surface area (Å²) >= 11 is 8.81. The Bertz CT molecular complexity index is 1660. The maximum atomic E-state index is 13.0. The van der Waals surface area contributed by atoms with Crippen LogP contribution < -0.4 is 0 Å². The molecule has 5 aromatic carbocycles. The standard InChI is InChI=1S/C37H31ClOS/c38-33-24-23-32-36(35(33)28-21-19-26(20-22-28)25-11-3-1-4-12-25)40-34-18-10-9-17-31(34)37(32,39)30-16-8-7-15-29(30)27-13-5-2-6-14-27/h1-18,23-24,26,28,39H,19-22H2. The van der Waals surface area contributed by atoms with E-state index in [1.165, 1.54) is 11.1 Å². The van der Waals surface area contributed by atoms with Gasteiger partial charge in [-0.3, -0.25) is 0 Å². The molecule has 0 radical (unpaired) electrons. The SMILES string of the molecule is OC1(c2ccccc2-c2ccccc2)c2ccccc2Sc2c1ccc(Cl)c2C1CCC(c2ccccc2)CC1. The Morgan fingerprint density at radius 3 is 1.95 bits per heavy atom. The summed E-state index contributed by atoms with van der Waals surface area (Å²) in [6.45, 7) is 0. The predicted molar refractivity (Wildman–Crippen MR) is 166 cm³/mol. The van der Waals surface area contributed by atoms with Crippen LogP contribution in [0.25, 0.3) is 11.1 Å². The molecule has 1 unspecified atom stereocenters. The summed E-state index contributed by atoms with van der Waals surface area (Å²) in [6.07, 6.45) is 4.49. The topological polar surface area (TPSA) is 20.2 Å². The largest absolute Gasteiger partial charge is 0.376 e. The summed E-state index contributed by atoms with van der Waals surface area (Å²) in [5, 5.41) is 13.8. The van der Waals surface area contributed by atoms with E-state index in [0.717, 1.165) is 68.3 Å². The highest BCUT2D eigenvalue weighted by Gasteiger charge is 2.44. The van der Waals surface area contributed by atoms with Gasteiger partial charge in [0.25, 0.3) is 0 Å². The molecule has 0 bridgehead atoms. The molecule has 7 rings (SSSR count). The molecule has 198 valence electrons. The van der Waals surface area contributed by atoms with Gasteiger partial charge in [0.05, 0.1) is 0 Å². The van der Waals surface area contributed by atoms with Crippen molar-refractivity contribution in [3.63, 3.8) is 0 Å². The van der Waals surface area contributed by atoms with E-state index in [1.54, 1.807) is 11.8 Å². The number of rotatable bonds is 4. The minimum atomic E-state index is -1.30. The average molecular weight is 559 g/mol. The monoisotopic (exact) mass is 558 g/mol.